The van der Waals surface area contributed by atoms with E-state index in [1.165, 1.54) is 15.3 Å². The molecule has 0 spiro atoms. The first kappa shape index (κ1) is 11.3. The number of benzene rings is 1. The van der Waals surface area contributed by atoms with E-state index in [2.05, 4.69) is 35.5 Å². The first-order valence-corrected chi connectivity index (χ1v) is 6.73. The van der Waals surface area contributed by atoms with Crippen LogP contribution in [-0.2, 0) is 6.54 Å². The number of aryl methyl sites for hydroxylation is 2. The highest BCUT2D eigenvalue weighted by Crippen LogP contribution is 2.25. The number of nitrogen functional groups attached to an aromatic ring is 1. The summed E-state index contributed by atoms with van der Waals surface area (Å²) in [5.41, 5.74) is 9.40. The van der Waals surface area contributed by atoms with Crippen LogP contribution < -0.4 is 5.73 Å². The quantitative estimate of drug-likeness (QED) is 0.765. The van der Waals surface area contributed by atoms with Gasteiger partial charge < -0.3 is 10.3 Å². The predicted octanol–water partition coefficient (Wildman–Crippen LogP) is 3.35. The summed E-state index contributed by atoms with van der Waals surface area (Å²) in [5, 5.41) is 0. The summed E-state index contributed by atoms with van der Waals surface area (Å²) in [6.07, 6.45) is 0. The number of aromatic nitrogens is 2. The van der Waals surface area contributed by atoms with E-state index in [1.54, 1.807) is 0 Å². The summed E-state index contributed by atoms with van der Waals surface area (Å²) in [7, 11) is 0. The molecule has 4 heteroatoms. The summed E-state index contributed by atoms with van der Waals surface area (Å²) in [5.74, 6) is 0.583. The SMILES string of the molecule is Cc1cc(Cn2c(N)nc3ccccc32)sc1C. The maximum atomic E-state index is 6.00. The molecule has 18 heavy (non-hydrogen) atoms. The van der Waals surface area contributed by atoms with Crippen LogP contribution in [-0.4, -0.2) is 9.55 Å². The summed E-state index contributed by atoms with van der Waals surface area (Å²) < 4.78 is 2.07. The number of imidazole rings is 1. The Hall–Kier alpha value is -1.81. The molecule has 0 saturated carbocycles. The Bertz CT molecular complexity index is 689. The van der Waals surface area contributed by atoms with Gasteiger partial charge in [0.25, 0.3) is 0 Å². The fourth-order valence-corrected chi connectivity index (χ4v) is 3.19. The fourth-order valence-electron chi connectivity index (χ4n) is 2.14. The Kier molecular flexibility index (Phi) is 2.59. The molecule has 3 aromatic rings. The van der Waals surface area contributed by atoms with Crippen LogP contribution in [0, 0.1) is 13.8 Å². The molecular weight excluding hydrogens is 242 g/mol. The van der Waals surface area contributed by atoms with E-state index in [0.29, 0.717) is 5.95 Å². The van der Waals surface area contributed by atoms with Crippen LogP contribution in [0.25, 0.3) is 11.0 Å². The van der Waals surface area contributed by atoms with E-state index in [4.69, 9.17) is 5.73 Å². The zero-order valence-corrected chi connectivity index (χ0v) is 11.3. The Balaban J connectivity index is 2.06. The highest BCUT2D eigenvalue weighted by molar-refractivity contribution is 7.12. The van der Waals surface area contributed by atoms with Crippen molar-refractivity contribution in [1.29, 1.82) is 0 Å². The molecule has 0 aliphatic heterocycles. The lowest BCUT2D eigenvalue weighted by atomic mass is 10.3. The highest BCUT2D eigenvalue weighted by Gasteiger charge is 2.09. The molecule has 3 nitrogen and oxygen atoms in total. The molecule has 0 unspecified atom stereocenters. The maximum Gasteiger partial charge on any atom is 0.201 e. The van der Waals surface area contributed by atoms with E-state index in [0.717, 1.165) is 17.6 Å². The van der Waals surface area contributed by atoms with Crippen molar-refractivity contribution >= 4 is 28.3 Å². The third-order valence-corrected chi connectivity index (χ3v) is 4.35. The molecule has 0 amide bonds. The zero-order chi connectivity index (χ0) is 12.7. The minimum absolute atomic E-state index is 0.583. The van der Waals surface area contributed by atoms with Crippen LogP contribution in [0.1, 0.15) is 15.3 Å². The average molecular weight is 257 g/mol. The first-order chi connectivity index (χ1) is 8.65. The Labute approximate surface area is 110 Å². The van der Waals surface area contributed by atoms with Gasteiger partial charge in [-0.2, -0.15) is 0 Å². The lowest BCUT2D eigenvalue weighted by molar-refractivity contribution is 0.852. The molecule has 1 aromatic carbocycles. The molecule has 3 rings (SSSR count). The smallest absolute Gasteiger partial charge is 0.201 e. The van der Waals surface area contributed by atoms with Gasteiger partial charge in [-0.1, -0.05) is 12.1 Å². The van der Waals surface area contributed by atoms with Crippen LogP contribution in [0.4, 0.5) is 5.95 Å². The summed E-state index contributed by atoms with van der Waals surface area (Å²) in [6, 6.07) is 10.3. The molecule has 2 N–H and O–H groups in total. The molecular formula is C14H15N3S. The van der Waals surface area contributed by atoms with Crippen molar-refractivity contribution in [3.05, 3.63) is 45.6 Å². The molecule has 0 saturated heterocycles. The third-order valence-electron chi connectivity index (χ3n) is 3.22. The maximum absolute atomic E-state index is 6.00. The van der Waals surface area contributed by atoms with Crippen molar-refractivity contribution < 1.29 is 0 Å². The second kappa shape index (κ2) is 4.14. The highest BCUT2D eigenvalue weighted by atomic mass is 32.1. The molecule has 2 heterocycles. The number of rotatable bonds is 2. The standard InChI is InChI=1S/C14H15N3S/c1-9-7-11(18-10(9)2)8-17-13-6-4-3-5-12(13)16-14(17)15/h3-7H,8H2,1-2H3,(H2,15,16). The van der Waals surface area contributed by atoms with E-state index >= 15 is 0 Å². The second-order valence-corrected chi connectivity index (χ2v) is 5.84. The van der Waals surface area contributed by atoms with Gasteiger partial charge in [-0.15, -0.1) is 11.3 Å². The van der Waals surface area contributed by atoms with Crippen molar-refractivity contribution in [1.82, 2.24) is 9.55 Å². The molecule has 2 aromatic heterocycles. The fraction of sp³-hybridized carbons (Fsp3) is 0.214. The lowest BCUT2D eigenvalue weighted by Crippen LogP contribution is -2.03. The number of anilines is 1. The average Bonchev–Trinajstić information content (AvgIpc) is 2.82. The topological polar surface area (TPSA) is 43.8 Å². The normalized spacial score (nSPS) is 11.2. The minimum atomic E-state index is 0.583. The van der Waals surface area contributed by atoms with Gasteiger partial charge in [0.1, 0.15) is 0 Å². The molecule has 0 aliphatic carbocycles. The number of thiophene rings is 1. The lowest BCUT2D eigenvalue weighted by Gasteiger charge is -2.04. The van der Waals surface area contributed by atoms with Gasteiger partial charge in [0.2, 0.25) is 5.95 Å². The van der Waals surface area contributed by atoms with E-state index in [1.807, 2.05) is 29.5 Å². The number of para-hydroxylation sites is 2. The summed E-state index contributed by atoms with van der Waals surface area (Å²) >= 11 is 1.83. The van der Waals surface area contributed by atoms with Gasteiger partial charge in [0, 0.05) is 9.75 Å². The van der Waals surface area contributed by atoms with Crippen LogP contribution in [0.3, 0.4) is 0 Å². The van der Waals surface area contributed by atoms with Crippen LogP contribution in [0.15, 0.2) is 30.3 Å². The minimum Gasteiger partial charge on any atom is -0.369 e. The number of fused-ring (bicyclic) bond motifs is 1. The van der Waals surface area contributed by atoms with Crippen molar-refractivity contribution in [3.63, 3.8) is 0 Å². The van der Waals surface area contributed by atoms with Crippen LogP contribution in [0.5, 0.6) is 0 Å². The molecule has 0 radical (unpaired) electrons. The van der Waals surface area contributed by atoms with Gasteiger partial charge in [0.05, 0.1) is 17.6 Å². The Morgan fingerprint density at radius 1 is 1.28 bits per heavy atom. The molecule has 0 bridgehead atoms. The van der Waals surface area contributed by atoms with E-state index in [9.17, 15) is 0 Å². The molecule has 0 atom stereocenters. The second-order valence-electron chi connectivity index (χ2n) is 4.50. The number of hydrogen-bond acceptors (Lipinski definition) is 3. The molecule has 0 fully saturated rings. The number of nitrogens with zero attached hydrogens (tertiary/aromatic N) is 2. The van der Waals surface area contributed by atoms with Gasteiger partial charge >= 0.3 is 0 Å². The Morgan fingerprint density at radius 2 is 2.06 bits per heavy atom. The van der Waals surface area contributed by atoms with Gasteiger partial charge in [-0.25, -0.2) is 4.98 Å². The summed E-state index contributed by atoms with van der Waals surface area (Å²) in [4.78, 5) is 7.07. The van der Waals surface area contributed by atoms with Crippen molar-refractivity contribution in [2.24, 2.45) is 0 Å². The van der Waals surface area contributed by atoms with E-state index in [-0.39, 0.29) is 0 Å². The zero-order valence-electron chi connectivity index (χ0n) is 10.5. The van der Waals surface area contributed by atoms with Gasteiger partial charge in [-0.3, -0.25) is 0 Å². The molecule has 0 aliphatic rings. The monoisotopic (exact) mass is 257 g/mol. The molecule has 92 valence electrons. The summed E-state index contributed by atoms with van der Waals surface area (Å²) in [6.45, 7) is 5.09. The van der Waals surface area contributed by atoms with Crippen molar-refractivity contribution in [2.45, 2.75) is 20.4 Å². The van der Waals surface area contributed by atoms with E-state index < -0.39 is 0 Å². The largest absolute Gasteiger partial charge is 0.369 e. The van der Waals surface area contributed by atoms with Crippen LogP contribution in [0.2, 0.25) is 0 Å². The van der Waals surface area contributed by atoms with Gasteiger partial charge in [0.15, 0.2) is 0 Å². The van der Waals surface area contributed by atoms with Crippen LogP contribution >= 0.6 is 11.3 Å². The third kappa shape index (κ3) is 1.78. The predicted molar refractivity (Wildman–Crippen MR) is 77.0 cm³/mol. The van der Waals surface area contributed by atoms with Crippen molar-refractivity contribution in [3.8, 4) is 0 Å². The number of hydrogen-bond donors (Lipinski definition) is 1. The first-order valence-electron chi connectivity index (χ1n) is 5.92. The van der Waals surface area contributed by atoms with Gasteiger partial charge in [-0.05, 0) is 37.6 Å². The van der Waals surface area contributed by atoms with Crippen molar-refractivity contribution in [2.75, 3.05) is 5.73 Å². The Morgan fingerprint density at radius 3 is 2.78 bits per heavy atom. The number of nitrogens with two attached hydrogens (primary N) is 1.